The number of aromatic nitrogens is 3. The number of hydrogen-bond acceptors (Lipinski definition) is 6. The minimum Gasteiger partial charge on any atom is -0.480 e. The van der Waals surface area contributed by atoms with Crippen molar-refractivity contribution in [1.29, 1.82) is 0 Å². The molecule has 0 spiro atoms. The highest BCUT2D eigenvalue weighted by atomic mass is 16.5. The molecule has 100 valence electrons. The summed E-state index contributed by atoms with van der Waals surface area (Å²) in [6, 6.07) is 3.61. The summed E-state index contributed by atoms with van der Waals surface area (Å²) in [6.45, 7) is 1.93. The Hall–Kier alpha value is -2.21. The van der Waals surface area contributed by atoms with E-state index in [1.165, 1.54) is 20.4 Å². The lowest BCUT2D eigenvalue weighted by Crippen LogP contribution is -2.08. The monoisotopic (exact) mass is 261 g/mol. The van der Waals surface area contributed by atoms with Crippen molar-refractivity contribution in [3.8, 4) is 11.8 Å². The molecule has 19 heavy (non-hydrogen) atoms. The zero-order chi connectivity index (χ0) is 13.8. The van der Waals surface area contributed by atoms with Gasteiger partial charge in [0.05, 0.1) is 26.1 Å². The highest BCUT2D eigenvalue weighted by Crippen LogP contribution is 2.26. The van der Waals surface area contributed by atoms with Gasteiger partial charge in [-0.2, -0.15) is 4.98 Å². The van der Waals surface area contributed by atoms with Gasteiger partial charge in [0.1, 0.15) is 11.8 Å². The molecular formula is C13H15N3O3. The summed E-state index contributed by atoms with van der Waals surface area (Å²) in [6.07, 6.45) is 2.12. The first-order valence-corrected chi connectivity index (χ1v) is 5.71. The second kappa shape index (κ2) is 5.62. The highest BCUT2D eigenvalue weighted by molar-refractivity contribution is 5.30. The quantitative estimate of drug-likeness (QED) is 0.893. The Bertz CT molecular complexity index is 558. The van der Waals surface area contributed by atoms with E-state index in [0.29, 0.717) is 17.3 Å². The zero-order valence-corrected chi connectivity index (χ0v) is 11.0. The maximum absolute atomic E-state index is 10.3. The second-order valence-electron chi connectivity index (χ2n) is 3.97. The van der Waals surface area contributed by atoms with Gasteiger partial charge in [0.25, 0.3) is 0 Å². The van der Waals surface area contributed by atoms with E-state index in [4.69, 9.17) is 9.47 Å². The summed E-state index contributed by atoms with van der Waals surface area (Å²) in [7, 11) is 2.95. The van der Waals surface area contributed by atoms with Crippen molar-refractivity contribution >= 4 is 0 Å². The molecule has 6 nitrogen and oxygen atoms in total. The topological polar surface area (TPSA) is 77.4 Å². The molecule has 2 heterocycles. The van der Waals surface area contributed by atoms with Crippen molar-refractivity contribution in [1.82, 2.24) is 15.0 Å². The predicted octanol–water partition coefficient (Wildman–Crippen LogP) is 1.28. The standard InChI is InChI=1S/C13H15N3O3/c1-8-4-5-9(14-6-8)12(17)11-13(19-3)16-10(18-2)7-15-11/h4-7,12,17H,1-3H3. The lowest BCUT2D eigenvalue weighted by atomic mass is 10.1. The number of methoxy groups -OCH3 is 2. The number of aryl methyl sites for hydroxylation is 1. The maximum atomic E-state index is 10.3. The van der Waals surface area contributed by atoms with Crippen molar-refractivity contribution in [2.45, 2.75) is 13.0 Å². The van der Waals surface area contributed by atoms with E-state index in [-0.39, 0.29) is 5.88 Å². The third kappa shape index (κ3) is 2.79. The molecule has 1 atom stereocenters. The number of nitrogens with zero attached hydrogens (tertiary/aromatic N) is 3. The number of ether oxygens (including phenoxy) is 2. The summed E-state index contributed by atoms with van der Waals surface area (Å²) in [4.78, 5) is 12.4. The fourth-order valence-electron chi connectivity index (χ4n) is 1.58. The fraction of sp³-hybridized carbons (Fsp3) is 0.308. The molecule has 0 bridgehead atoms. The second-order valence-corrected chi connectivity index (χ2v) is 3.97. The molecule has 2 aromatic rings. The van der Waals surface area contributed by atoms with E-state index in [2.05, 4.69) is 15.0 Å². The Labute approximate surface area is 111 Å². The highest BCUT2D eigenvalue weighted by Gasteiger charge is 2.20. The van der Waals surface area contributed by atoms with Crippen molar-refractivity contribution in [3.63, 3.8) is 0 Å². The Morgan fingerprint density at radius 3 is 2.47 bits per heavy atom. The van der Waals surface area contributed by atoms with Crippen molar-refractivity contribution in [3.05, 3.63) is 41.5 Å². The molecule has 6 heteroatoms. The van der Waals surface area contributed by atoms with Crippen LogP contribution in [0.5, 0.6) is 11.8 Å². The Balaban J connectivity index is 2.37. The van der Waals surface area contributed by atoms with Crippen LogP contribution in [0, 0.1) is 6.92 Å². The van der Waals surface area contributed by atoms with Crippen LogP contribution in [0.15, 0.2) is 24.5 Å². The van der Waals surface area contributed by atoms with E-state index in [0.717, 1.165) is 5.56 Å². The molecule has 0 aliphatic heterocycles. The van der Waals surface area contributed by atoms with Crippen LogP contribution in [0.4, 0.5) is 0 Å². The Morgan fingerprint density at radius 2 is 1.89 bits per heavy atom. The van der Waals surface area contributed by atoms with Crippen LogP contribution in [-0.4, -0.2) is 34.3 Å². The van der Waals surface area contributed by atoms with E-state index < -0.39 is 6.10 Å². The molecule has 0 amide bonds. The minimum atomic E-state index is -0.992. The van der Waals surface area contributed by atoms with Gasteiger partial charge in [0, 0.05) is 6.20 Å². The molecule has 1 N–H and O–H groups in total. The van der Waals surface area contributed by atoms with Crippen LogP contribution >= 0.6 is 0 Å². The van der Waals surface area contributed by atoms with Gasteiger partial charge in [0.15, 0.2) is 0 Å². The first-order valence-electron chi connectivity index (χ1n) is 5.71. The number of rotatable bonds is 4. The van der Waals surface area contributed by atoms with Crippen LogP contribution in [0.3, 0.4) is 0 Å². The number of aliphatic hydroxyl groups is 1. The summed E-state index contributed by atoms with van der Waals surface area (Å²) >= 11 is 0. The number of pyridine rings is 1. The summed E-state index contributed by atoms with van der Waals surface area (Å²) < 4.78 is 10.1. The van der Waals surface area contributed by atoms with Crippen LogP contribution in [-0.2, 0) is 0 Å². The maximum Gasteiger partial charge on any atom is 0.241 e. The summed E-state index contributed by atoms with van der Waals surface area (Å²) in [5.74, 6) is 0.541. The van der Waals surface area contributed by atoms with Gasteiger partial charge < -0.3 is 14.6 Å². The fourth-order valence-corrected chi connectivity index (χ4v) is 1.58. The van der Waals surface area contributed by atoms with Crippen molar-refractivity contribution in [2.75, 3.05) is 14.2 Å². The number of hydrogen-bond donors (Lipinski definition) is 1. The van der Waals surface area contributed by atoms with E-state index in [1.807, 2.05) is 13.0 Å². The van der Waals surface area contributed by atoms with Gasteiger partial charge in [-0.1, -0.05) is 6.07 Å². The molecule has 1 unspecified atom stereocenters. The zero-order valence-electron chi connectivity index (χ0n) is 11.0. The summed E-state index contributed by atoms with van der Waals surface area (Å²) in [5.41, 5.74) is 1.81. The Kier molecular flexibility index (Phi) is 3.91. The lowest BCUT2D eigenvalue weighted by Gasteiger charge is -2.13. The average Bonchev–Trinajstić information content (AvgIpc) is 2.46. The summed E-state index contributed by atoms with van der Waals surface area (Å²) in [5, 5.41) is 10.3. The molecule has 2 rings (SSSR count). The third-order valence-electron chi connectivity index (χ3n) is 2.62. The van der Waals surface area contributed by atoms with Crippen LogP contribution < -0.4 is 9.47 Å². The first-order chi connectivity index (χ1) is 9.15. The normalized spacial score (nSPS) is 12.0. The molecule has 2 aromatic heterocycles. The van der Waals surface area contributed by atoms with Crippen LogP contribution in [0.25, 0.3) is 0 Å². The van der Waals surface area contributed by atoms with Gasteiger partial charge in [-0.15, -0.1) is 0 Å². The molecule has 0 radical (unpaired) electrons. The predicted molar refractivity (Wildman–Crippen MR) is 68.2 cm³/mol. The van der Waals surface area contributed by atoms with E-state index in [9.17, 15) is 5.11 Å². The van der Waals surface area contributed by atoms with Gasteiger partial charge in [-0.25, -0.2) is 4.98 Å². The largest absolute Gasteiger partial charge is 0.480 e. The average molecular weight is 261 g/mol. The van der Waals surface area contributed by atoms with Gasteiger partial charge >= 0.3 is 0 Å². The van der Waals surface area contributed by atoms with Gasteiger partial charge in [-0.05, 0) is 18.6 Å². The molecule has 0 aliphatic rings. The molecule has 0 aromatic carbocycles. The minimum absolute atomic E-state index is 0.217. The molecule has 0 saturated carbocycles. The first kappa shape index (κ1) is 13.2. The van der Waals surface area contributed by atoms with Gasteiger partial charge in [0.2, 0.25) is 11.8 Å². The van der Waals surface area contributed by atoms with Gasteiger partial charge in [-0.3, -0.25) is 4.98 Å². The van der Waals surface area contributed by atoms with Crippen molar-refractivity contribution < 1.29 is 14.6 Å². The molecule has 0 saturated heterocycles. The third-order valence-corrected chi connectivity index (χ3v) is 2.62. The molecule has 0 fully saturated rings. The van der Waals surface area contributed by atoms with Crippen molar-refractivity contribution in [2.24, 2.45) is 0 Å². The van der Waals surface area contributed by atoms with Crippen LogP contribution in [0.2, 0.25) is 0 Å². The SMILES string of the molecule is COc1cnc(C(O)c2ccc(C)cn2)c(OC)n1. The van der Waals surface area contributed by atoms with Crippen LogP contribution in [0.1, 0.15) is 23.1 Å². The Morgan fingerprint density at radius 1 is 1.11 bits per heavy atom. The lowest BCUT2D eigenvalue weighted by molar-refractivity contribution is 0.202. The van der Waals surface area contributed by atoms with E-state index in [1.54, 1.807) is 12.3 Å². The molecular weight excluding hydrogens is 246 g/mol. The molecule has 0 aliphatic carbocycles. The number of aliphatic hydroxyl groups excluding tert-OH is 1. The smallest absolute Gasteiger partial charge is 0.241 e. The van der Waals surface area contributed by atoms with E-state index >= 15 is 0 Å².